The molecule has 0 amide bonds. The van der Waals surface area contributed by atoms with Crippen LogP contribution in [0, 0.1) is 0 Å². The number of likely N-dealkylation sites (tertiary alicyclic amines) is 1. The Bertz CT molecular complexity index is 415. The molecule has 4 nitrogen and oxygen atoms in total. The largest absolute Gasteiger partial charge is 0.370 e. The molecule has 1 fully saturated rings. The molecule has 1 heterocycles. The molecule has 4 heteroatoms. The van der Waals surface area contributed by atoms with Gasteiger partial charge in [-0.1, -0.05) is 30.3 Å². The third-order valence-corrected chi connectivity index (χ3v) is 3.84. The van der Waals surface area contributed by atoms with Crippen LogP contribution >= 0.6 is 0 Å². The van der Waals surface area contributed by atoms with E-state index in [1.807, 2.05) is 18.2 Å². The lowest BCUT2D eigenvalue weighted by Gasteiger charge is -2.35. The molecule has 104 valence electrons. The molecule has 3 N–H and O–H groups in total. The highest BCUT2D eigenvalue weighted by molar-refractivity contribution is 5.78. The van der Waals surface area contributed by atoms with Crippen molar-refractivity contribution in [2.24, 2.45) is 10.7 Å². The smallest absolute Gasteiger partial charge is 0.189 e. The maximum absolute atomic E-state index is 5.96. The zero-order valence-electron chi connectivity index (χ0n) is 11.8. The van der Waals surface area contributed by atoms with Crippen LogP contribution in [0.4, 0.5) is 0 Å². The monoisotopic (exact) mass is 260 g/mol. The van der Waals surface area contributed by atoms with Crippen LogP contribution in [0.1, 0.15) is 25.3 Å². The number of hydrogen-bond acceptors (Lipinski definition) is 2. The van der Waals surface area contributed by atoms with E-state index in [4.69, 9.17) is 5.73 Å². The fraction of sp³-hybridized carbons (Fsp3) is 0.533. The number of piperidine rings is 1. The van der Waals surface area contributed by atoms with Gasteiger partial charge in [0, 0.05) is 18.6 Å². The highest BCUT2D eigenvalue weighted by Gasteiger charge is 2.22. The van der Waals surface area contributed by atoms with Crippen molar-refractivity contribution in [3.05, 3.63) is 35.9 Å². The molecular weight excluding hydrogens is 236 g/mol. The molecule has 1 aliphatic rings. The van der Waals surface area contributed by atoms with Gasteiger partial charge in [-0.2, -0.15) is 0 Å². The van der Waals surface area contributed by atoms with Gasteiger partial charge >= 0.3 is 0 Å². The van der Waals surface area contributed by atoms with Crippen molar-refractivity contribution < 1.29 is 0 Å². The number of guanidine groups is 1. The first-order chi connectivity index (χ1) is 9.15. The lowest BCUT2D eigenvalue weighted by Crippen LogP contribution is -2.49. The summed E-state index contributed by atoms with van der Waals surface area (Å²) in [5.74, 6) is 0.561. The van der Waals surface area contributed by atoms with Crippen molar-refractivity contribution in [2.45, 2.75) is 38.4 Å². The van der Waals surface area contributed by atoms with Crippen molar-refractivity contribution in [3.8, 4) is 0 Å². The normalized spacial score (nSPS) is 25.3. The van der Waals surface area contributed by atoms with E-state index in [0.717, 1.165) is 19.4 Å². The second-order valence-electron chi connectivity index (χ2n) is 5.38. The molecule has 1 saturated heterocycles. The van der Waals surface area contributed by atoms with Crippen molar-refractivity contribution in [1.82, 2.24) is 10.2 Å². The molecule has 0 aromatic heterocycles. The Labute approximate surface area is 115 Å². The van der Waals surface area contributed by atoms with Gasteiger partial charge in [0.2, 0.25) is 0 Å². The van der Waals surface area contributed by atoms with Crippen molar-refractivity contribution in [2.75, 3.05) is 13.6 Å². The molecule has 0 radical (unpaired) electrons. The summed E-state index contributed by atoms with van der Waals surface area (Å²) in [7, 11) is 2.17. The van der Waals surface area contributed by atoms with Gasteiger partial charge in [0.15, 0.2) is 5.96 Å². The lowest BCUT2D eigenvalue weighted by molar-refractivity contribution is 0.177. The zero-order chi connectivity index (χ0) is 13.7. The van der Waals surface area contributed by atoms with Gasteiger partial charge in [0.25, 0.3) is 0 Å². The van der Waals surface area contributed by atoms with E-state index in [0.29, 0.717) is 24.6 Å². The summed E-state index contributed by atoms with van der Waals surface area (Å²) in [6.45, 7) is 4.01. The average molecular weight is 260 g/mol. The Morgan fingerprint density at radius 1 is 1.42 bits per heavy atom. The minimum atomic E-state index is 0.450. The highest BCUT2D eigenvalue weighted by atomic mass is 15.2. The van der Waals surface area contributed by atoms with Crippen LogP contribution in [0.5, 0.6) is 0 Å². The number of nitrogens with one attached hydrogen (secondary N) is 1. The Morgan fingerprint density at radius 3 is 2.84 bits per heavy atom. The van der Waals surface area contributed by atoms with Gasteiger partial charge in [-0.3, -0.25) is 0 Å². The predicted molar refractivity (Wildman–Crippen MR) is 80.0 cm³/mol. The maximum atomic E-state index is 5.96. The van der Waals surface area contributed by atoms with Crippen LogP contribution in [-0.2, 0) is 6.54 Å². The molecule has 19 heavy (non-hydrogen) atoms. The number of benzene rings is 1. The summed E-state index contributed by atoms with van der Waals surface area (Å²) in [4.78, 5) is 6.79. The Kier molecular flexibility index (Phi) is 4.80. The van der Waals surface area contributed by atoms with E-state index in [1.54, 1.807) is 0 Å². The first kappa shape index (κ1) is 13.9. The van der Waals surface area contributed by atoms with E-state index in [1.165, 1.54) is 5.56 Å². The molecule has 0 spiro atoms. The summed E-state index contributed by atoms with van der Waals surface area (Å²) < 4.78 is 0. The van der Waals surface area contributed by atoms with Gasteiger partial charge in [-0.15, -0.1) is 0 Å². The lowest BCUT2D eigenvalue weighted by atomic mass is 9.99. The molecular formula is C15H24N4. The number of rotatable bonds is 3. The van der Waals surface area contributed by atoms with Crippen LogP contribution in [0.15, 0.2) is 35.3 Å². The second-order valence-corrected chi connectivity index (χ2v) is 5.38. The van der Waals surface area contributed by atoms with Crippen LogP contribution in [0.2, 0.25) is 0 Å². The Hall–Kier alpha value is -1.55. The quantitative estimate of drug-likeness (QED) is 0.641. The summed E-state index contributed by atoms with van der Waals surface area (Å²) in [5.41, 5.74) is 7.14. The van der Waals surface area contributed by atoms with Gasteiger partial charge in [0.1, 0.15) is 0 Å². The molecule has 2 unspecified atom stereocenters. The molecule has 2 rings (SSSR count). The fourth-order valence-electron chi connectivity index (χ4n) is 2.44. The molecule has 1 aliphatic heterocycles. The SMILES string of the molecule is CC1CC(NC(N)=NCc2ccccc2)CCN1C. The van der Waals surface area contributed by atoms with Gasteiger partial charge in [-0.25, -0.2) is 4.99 Å². The summed E-state index contributed by atoms with van der Waals surface area (Å²) in [5, 5.41) is 3.34. The number of nitrogens with zero attached hydrogens (tertiary/aromatic N) is 2. The molecule has 2 atom stereocenters. The summed E-state index contributed by atoms with van der Waals surface area (Å²) in [6, 6.07) is 11.2. The minimum Gasteiger partial charge on any atom is -0.370 e. The molecule has 0 bridgehead atoms. The zero-order valence-corrected chi connectivity index (χ0v) is 11.8. The topological polar surface area (TPSA) is 53.6 Å². The van der Waals surface area contributed by atoms with Crippen molar-refractivity contribution in [1.29, 1.82) is 0 Å². The Balaban J connectivity index is 1.82. The predicted octanol–water partition coefficient (Wildman–Crippen LogP) is 1.57. The van der Waals surface area contributed by atoms with Crippen LogP contribution in [0.25, 0.3) is 0 Å². The van der Waals surface area contributed by atoms with E-state index in [2.05, 4.69) is 41.3 Å². The minimum absolute atomic E-state index is 0.450. The molecule has 0 aliphatic carbocycles. The third-order valence-electron chi connectivity index (χ3n) is 3.84. The van der Waals surface area contributed by atoms with Crippen LogP contribution < -0.4 is 11.1 Å². The maximum Gasteiger partial charge on any atom is 0.189 e. The van der Waals surface area contributed by atoms with Crippen LogP contribution in [0.3, 0.4) is 0 Å². The van der Waals surface area contributed by atoms with Crippen molar-refractivity contribution >= 4 is 5.96 Å². The fourth-order valence-corrected chi connectivity index (χ4v) is 2.44. The summed E-state index contributed by atoms with van der Waals surface area (Å²) in [6.07, 6.45) is 2.25. The van der Waals surface area contributed by atoms with E-state index < -0.39 is 0 Å². The standard InChI is InChI=1S/C15H24N4/c1-12-10-14(8-9-19(12)2)18-15(16)17-11-13-6-4-3-5-7-13/h3-7,12,14H,8-11H2,1-2H3,(H3,16,17,18). The van der Waals surface area contributed by atoms with Crippen LogP contribution in [-0.4, -0.2) is 36.5 Å². The number of aliphatic imine (C=N–C) groups is 1. The van der Waals surface area contributed by atoms with Gasteiger partial charge < -0.3 is 16.0 Å². The van der Waals surface area contributed by atoms with Gasteiger partial charge in [0.05, 0.1) is 6.54 Å². The van der Waals surface area contributed by atoms with Crippen molar-refractivity contribution in [3.63, 3.8) is 0 Å². The first-order valence-electron chi connectivity index (χ1n) is 6.96. The highest BCUT2D eigenvalue weighted by Crippen LogP contribution is 2.14. The van der Waals surface area contributed by atoms with E-state index in [9.17, 15) is 0 Å². The van der Waals surface area contributed by atoms with E-state index >= 15 is 0 Å². The summed E-state index contributed by atoms with van der Waals surface area (Å²) >= 11 is 0. The molecule has 1 aromatic rings. The first-order valence-corrected chi connectivity index (χ1v) is 6.96. The number of nitrogens with two attached hydrogens (primary N) is 1. The third kappa shape index (κ3) is 4.24. The number of hydrogen-bond donors (Lipinski definition) is 2. The van der Waals surface area contributed by atoms with E-state index in [-0.39, 0.29) is 0 Å². The molecule has 1 aromatic carbocycles. The second kappa shape index (κ2) is 6.57. The van der Waals surface area contributed by atoms with Gasteiger partial charge in [-0.05, 0) is 32.4 Å². The molecule has 0 saturated carbocycles. The average Bonchev–Trinajstić information content (AvgIpc) is 2.42. The Morgan fingerprint density at radius 2 is 2.16 bits per heavy atom.